The number of hydrogen-bond donors (Lipinski definition) is 1. The summed E-state index contributed by atoms with van der Waals surface area (Å²) in [5, 5.41) is 6.91. The van der Waals surface area contributed by atoms with E-state index in [1.807, 2.05) is 6.20 Å². The van der Waals surface area contributed by atoms with Crippen molar-refractivity contribution in [2.75, 3.05) is 24.8 Å². The predicted octanol–water partition coefficient (Wildman–Crippen LogP) is 2.37. The zero-order chi connectivity index (χ0) is 17.6. The maximum atomic E-state index is 5.94. The van der Waals surface area contributed by atoms with Gasteiger partial charge in [0, 0.05) is 28.1 Å². The molecule has 0 saturated carbocycles. The molecule has 0 amide bonds. The van der Waals surface area contributed by atoms with Gasteiger partial charge in [-0.05, 0) is 12.5 Å². The number of anilines is 1. The molecule has 0 unspecified atom stereocenters. The molecule has 2 aromatic rings. The second-order valence-corrected chi connectivity index (χ2v) is 9.98. The Bertz CT molecular complexity index is 659. The molecule has 3 heterocycles. The number of rotatable bonds is 8. The van der Waals surface area contributed by atoms with Crippen LogP contribution in [0, 0.1) is 0 Å². The fourth-order valence-electron chi connectivity index (χ4n) is 2.78. The van der Waals surface area contributed by atoms with Gasteiger partial charge in [0.25, 0.3) is 0 Å². The van der Waals surface area contributed by atoms with Gasteiger partial charge in [0.2, 0.25) is 0 Å². The standard InChI is InChI=1S/C16H27N5O3Si/c1-4-5-20-11-24-23-10-14-16(20)19-15(13-8-17-18-9-13)21(14)12-22-6-7-25(2)3/h8-9,25H,4-7,10-12H2,1-3H3,(H,17,18). The van der Waals surface area contributed by atoms with Gasteiger partial charge in [0.15, 0.2) is 12.5 Å². The van der Waals surface area contributed by atoms with Crippen LogP contribution < -0.4 is 4.90 Å². The first-order valence-corrected chi connectivity index (χ1v) is 12.0. The summed E-state index contributed by atoms with van der Waals surface area (Å²) in [6.45, 7) is 9.61. The molecule has 1 aliphatic heterocycles. The highest BCUT2D eigenvalue weighted by molar-refractivity contribution is 6.55. The number of nitrogens with one attached hydrogen (secondary N) is 1. The number of imidazole rings is 1. The van der Waals surface area contributed by atoms with Crippen molar-refractivity contribution in [2.45, 2.75) is 45.8 Å². The summed E-state index contributed by atoms with van der Waals surface area (Å²) in [7, 11) is -0.612. The number of fused-ring (bicyclic) bond motifs is 1. The van der Waals surface area contributed by atoms with Gasteiger partial charge in [0.05, 0.1) is 17.5 Å². The molecule has 0 aliphatic carbocycles. The van der Waals surface area contributed by atoms with Gasteiger partial charge < -0.3 is 9.64 Å². The first-order valence-electron chi connectivity index (χ1n) is 8.86. The Labute approximate surface area is 149 Å². The zero-order valence-corrected chi connectivity index (χ0v) is 16.4. The van der Waals surface area contributed by atoms with Crippen LogP contribution in [0.5, 0.6) is 0 Å². The van der Waals surface area contributed by atoms with Gasteiger partial charge >= 0.3 is 0 Å². The number of hydrogen-bond acceptors (Lipinski definition) is 6. The number of H-pyrrole nitrogens is 1. The summed E-state index contributed by atoms with van der Waals surface area (Å²) in [6.07, 6.45) is 4.63. The lowest BCUT2D eigenvalue weighted by Crippen LogP contribution is -2.26. The van der Waals surface area contributed by atoms with Crippen LogP contribution in [0.2, 0.25) is 19.1 Å². The van der Waals surface area contributed by atoms with Crippen LogP contribution in [0.15, 0.2) is 12.4 Å². The third kappa shape index (κ3) is 4.29. The van der Waals surface area contributed by atoms with E-state index in [9.17, 15) is 0 Å². The van der Waals surface area contributed by atoms with E-state index in [0.717, 1.165) is 42.5 Å². The van der Waals surface area contributed by atoms with Crippen LogP contribution in [0.4, 0.5) is 5.82 Å². The van der Waals surface area contributed by atoms with E-state index < -0.39 is 8.80 Å². The largest absolute Gasteiger partial charge is 0.361 e. The van der Waals surface area contributed by atoms with Crippen LogP contribution in [0.25, 0.3) is 11.4 Å². The van der Waals surface area contributed by atoms with Crippen molar-refractivity contribution in [3.05, 3.63) is 18.1 Å². The van der Waals surface area contributed by atoms with E-state index in [1.165, 1.54) is 6.04 Å². The SMILES string of the molecule is CCCN1COOCc2c1nc(-c1cn[nH]c1)n2COCC[SiH](C)C. The second kappa shape index (κ2) is 8.61. The molecule has 0 radical (unpaired) electrons. The fraction of sp³-hybridized carbons (Fsp3) is 0.625. The van der Waals surface area contributed by atoms with E-state index in [2.05, 4.69) is 39.7 Å². The molecular weight excluding hydrogens is 338 g/mol. The maximum absolute atomic E-state index is 5.94. The van der Waals surface area contributed by atoms with Gasteiger partial charge in [-0.3, -0.25) is 9.67 Å². The number of aromatic amines is 1. The second-order valence-electron chi connectivity index (χ2n) is 6.61. The van der Waals surface area contributed by atoms with Crippen molar-refractivity contribution >= 4 is 14.6 Å². The van der Waals surface area contributed by atoms with Gasteiger partial charge in [-0.1, -0.05) is 20.0 Å². The van der Waals surface area contributed by atoms with Crippen LogP contribution in [0.1, 0.15) is 19.0 Å². The molecule has 1 N–H and O–H groups in total. The van der Waals surface area contributed by atoms with E-state index in [4.69, 9.17) is 19.5 Å². The zero-order valence-electron chi connectivity index (χ0n) is 15.2. The Morgan fingerprint density at radius 3 is 2.96 bits per heavy atom. The molecule has 9 heteroatoms. The smallest absolute Gasteiger partial charge is 0.155 e. The minimum absolute atomic E-state index is 0.350. The van der Waals surface area contributed by atoms with Crippen molar-refractivity contribution in [3.63, 3.8) is 0 Å². The molecule has 3 rings (SSSR count). The van der Waals surface area contributed by atoms with Crippen LogP contribution in [-0.4, -0.2) is 48.4 Å². The Balaban J connectivity index is 1.90. The highest BCUT2D eigenvalue weighted by atomic mass is 28.3. The van der Waals surface area contributed by atoms with Crippen LogP contribution >= 0.6 is 0 Å². The van der Waals surface area contributed by atoms with E-state index in [1.54, 1.807) is 6.20 Å². The highest BCUT2D eigenvalue weighted by Gasteiger charge is 2.25. The van der Waals surface area contributed by atoms with E-state index in [0.29, 0.717) is 20.1 Å². The molecule has 0 spiro atoms. The summed E-state index contributed by atoms with van der Waals surface area (Å²) >= 11 is 0. The molecule has 8 nitrogen and oxygen atoms in total. The molecule has 25 heavy (non-hydrogen) atoms. The molecule has 0 saturated heterocycles. The molecule has 138 valence electrons. The van der Waals surface area contributed by atoms with Crippen molar-refractivity contribution < 1.29 is 14.5 Å². The predicted molar refractivity (Wildman–Crippen MR) is 97.8 cm³/mol. The van der Waals surface area contributed by atoms with E-state index >= 15 is 0 Å². The first-order chi connectivity index (χ1) is 12.2. The van der Waals surface area contributed by atoms with Crippen molar-refractivity contribution in [1.82, 2.24) is 19.7 Å². The number of ether oxygens (including phenoxy) is 1. The topological polar surface area (TPSA) is 77.4 Å². The molecule has 0 atom stereocenters. The quantitative estimate of drug-likeness (QED) is 0.440. The first kappa shape index (κ1) is 18.1. The number of nitrogens with zero attached hydrogens (tertiary/aromatic N) is 4. The minimum atomic E-state index is -0.612. The van der Waals surface area contributed by atoms with Crippen molar-refractivity contribution in [2.24, 2.45) is 0 Å². The summed E-state index contributed by atoms with van der Waals surface area (Å²) in [5.74, 6) is 1.74. The van der Waals surface area contributed by atoms with Crippen molar-refractivity contribution in [1.29, 1.82) is 0 Å². The molecule has 0 fully saturated rings. The molecule has 0 bridgehead atoms. The third-order valence-electron chi connectivity index (χ3n) is 4.15. The van der Waals surface area contributed by atoms with Gasteiger partial charge in [-0.2, -0.15) is 5.10 Å². The molecule has 1 aliphatic rings. The Hall–Kier alpha value is -1.68. The Kier molecular flexibility index (Phi) is 6.24. The molecule has 2 aromatic heterocycles. The van der Waals surface area contributed by atoms with Crippen LogP contribution in [-0.2, 0) is 27.8 Å². The lowest BCUT2D eigenvalue weighted by atomic mass is 10.3. The fourth-order valence-corrected chi connectivity index (χ4v) is 3.41. The summed E-state index contributed by atoms with van der Waals surface area (Å²) in [4.78, 5) is 17.6. The average Bonchev–Trinajstić information content (AvgIpc) is 3.18. The van der Waals surface area contributed by atoms with Crippen LogP contribution in [0.3, 0.4) is 0 Å². The maximum Gasteiger partial charge on any atom is 0.155 e. The van der Waals surface area contributed by atoms with Crippen molar-refractivity contribution in [3.8, 4) is 11.4 Å². The minimum Gasteiger partial charge on any atom is -0.361 e. The Morgan fingerprint density at radius 1 is 1.36 bits per heavy atom. The summed E-state index contributed by atoms with van der Waals surface area (Å²) in [5.41, 5.74) is 1.91. The van der Waals surface area contributed by atoms with Gasteiger partial charge in [-0.25, -0.2) is 14.8 Å². The molecular formula is C16H27N5O3Si. The summed E-state index contributed by atoms with van der Waals surface area (Å²) < 4.78 is 8.01. The number of aromatic nitrogens is 4. The highest BCUT2D eigenvalue weighted by Crippen LogP contribution is 2.30. The lowest BCUT2D eigenvalue weighted by molar-refractivity contribution is -0.301. The molecule has 0 aromatic carbocycles. The Morgan fingerprint density at radius 2 is 2.24 bits per heavy atom. The third-order valence-corrected chi connectivity index (χ3v) is 5.54. The van der Waals surface area contributed by atoms with Gasteiger partial charge in [0.1, 0.15) is 19.2 Å². The van der Waals surface area contributed by atoms with E-state index in [-0.39, 0.29) is 0 Å². The average molecular weight is 366 g/mol. The van der Waals surface area contributed by atoms with Gasteiger partial charge in [-0.15, -0.1) is 0 Å². The lowest BCUT2D eigenvalue weighted by Gasteiger charge is -2.18. The summed E-state index contributed by atoms with van der Waals surface area (Å²) in [6, 6.07) is 1.17. The normalized spacial score (nSPS) is 14.8. The monoisotopic (exact) mass is 365 g/mol.